The number of nitrogens with two attached hydrogens (primary N) is 2. The van der Waals surface area contributed by atoms with Gasteiger partial charge >= 0.3 is 13.5 Å². The summed E-state index contributed by atoms with van der Waals surface area (Å²) in [6.45, 7) is -9.16. The number of hydrogen-bond acceptors (Lipinski definition) is 18. The molecule has 7 heterocycles. The first-order valence-corrected chi connectivity index (χ1v) is 19.0. The van der Waals surface area contributed by atoms with Crippen LogP contribution in [0.15, 0.2) is 23.8 Å². The summed E-state index contributed by atoms with van der Waals surface area (Å²) < 4.78 is 64.0. The van der Waals surface area contributed by atoms with Crippen LogP contribution in [0.1, 0.15) is 12.5 Å². The summed E-state index contributed by atoms with van der Waals surface area (Å²) >= 11 is 9.62. The maximum atomic E-state index is 13.8. The summed E-state index contributed by atoms with van der Waals surface area (Å²) in [7, 11) is 2.76. The summed E-state index contributed by atoms with van der Waals surface area (Å²) in [5, 5.41) is 0. The molecule has 0 radical (unpaired) electrons. The number of anilines is 2. The second-order valence-corrected chi connectivity index (χ2v) is 16.2. The Morgan fingerprint density at radius 1 is 0.957 bits per heavy atom. The highest BCUT2D eigenvalue weighted by atomic mass is 32.7. The van der Waals surface area contributed by atoms with Crippen LogP contribution in [0.2, 0.25) is 0 Å². The van der Waals surface area contributed by atoms with Gasteiger partial charge in [0.1, 0.15) is 48.5 Å². The van der Waals surface area contributed by atoms with Crippen LogP contribution >= 0.6 is 25.8 Å². The Kier molecular flexibility index (Phi) is 8.65. The lowest BCUT2D eigenvalue weighted by Crippen LogP contribution is -2.37. The minimum absolute atomic E-state index is 0.0410. The molecule has 3 fully saturated rings. The normalized spacial score (nSPS) is 36.6. The molecule has 254 valence electrons. The SMILES string of the molecule is COC1C2COP(O)(=S)OC3C(COP(=O)(S)OC1C(n1cnc4c(=O)[nH]c(N)nc41)O2)OC(n1cnc2c(N)ncnc21)C3OC. The first-order chi connectivity index (χ1) is 22.4. The van der Waals surface area contributed by atoms with Crippen molar-refractivity contribution in [3.05, 3.63) is 29.3 Å². The van der Waals surface area contributed by atoms with Gasteiger partial charge < -0.3 is 39.8 Å². The number of methoxy groups -OCH3 is 2. The zero-order valence-electron chi connectivity index (χ0n) is 24.3. The zero-order chi connectivity index (χ0) is 33.2. The first kappa shape index (κ1) is 32.9. The predicted molar refractivity (Wildman–Crippen MR) is 166 cm³/mol. The molecule has 0 aliphatic carbocycles. The second-order valence-electron chi connectivity index (χ2n) is 10.6. The molecule has 6 N–H and O–H groups in total. The molecule has 25 heteroatoms. The van der Waals surface area contributed by atoms with Gasteiger partial charge in [-0.05, 0) is 11.8 Å². The lowest BCUT2D eigenvalue weighted by molar-refractivity contribution is -0.0604. The maximum Gasteiger partial charge on any atom is 0.386 e. The zero-order valence-corrected chi connectivity index (χ0v) is 27.8. The molecule has 47 heavy (non-hydrogen) atoms. The summed E-state index contributed by atoms with van der Waals surface area (Å²) in [5.41, 5.74) is 11.8. The third-order valence-corrected chi connectivity index (χ3v) is 11.0. The van der Waals surface area contributed by atoms with Gasteiger partial charge in [-0.2, -0.15) is 4.98 Å². The van der Waals surface area contributed by atoms with Crippen LogP contribution in [0.3, 0.4) is 0 Å². The predicted octanol–water partition coefficient (Wildman–Crippen LogP) is 0.0206. The minimum Gasteiger partial charge on any atom is -0.382 e. The van der Waals surface area contributed by atoms with Gasteiger partial charge in [0.15, 0.2) is 35.1 Å². The van der Waals surface area contributed by atoms with E-state index in [4.69, 9.17) is 60.3 Å². The average molecular weight is 735 g/mol. The number of ether oxygens (including phenoxy) is 4. The van der Waals surface area contributed by atoms with E-state index < -0.39 is 74.8 Å². The Morgan fingerprint density at radius 3 is 2.38 bits per heavy atom. The number of nitrogen functional groups attached to an aromatic ring is 2. The van der Waals surface area contributed by atoms with Crippen LogP contribution in [0.25, 0.3) is 22.3 Å². The average Bonchev–Trinajstić information content (AvgIpc) is 3.78. The number of nitrogens with one attached hydrogen (secondary N) is 1. The van der Waals surface area contributed by atoms with Gasteiger partial charge in [0, 0.05) is 14.2 Å². The van der Waals surface area contributed by atoms with Crippen molar-refractivity contribution in [3.8, 4) is 0 Å². The Balaban J connectivity index is 1.23. The Labute approximate surface area is 274 Å². The Morgan fingerprint density at radius 2 is 1.64 bits per heavy atom. The molecule has 3 saturated heterocycles. The molecule has 4 aromatic heterocycles. The second kappa shape index (κ2) is 12.4. The number of fused-ring (bicyclic) bond motifs is 5. The van der Waals surface area contributed by atoms with Crippen molar-refractivity contribution in [1.29, 1.82) is 0 Å². The van der Waals surface area contributed by atoms with E-state index in [9.17, 15) is 14.3 Å². The molecule has 4 aromatic rings. The highest BCUT2D eigenvalue weighted by molar-refractivity contribution is 8.44. The fourth-order valence-electron chi connectivity index (χ4n) is 5.80. The van der Waals surface area contributed by atoms with Gasteiger partial charge in [0.25, 0.3) is 5.56 Å². The van der Waals surface area contributed by atoms with Gasteiger partial charge in [0.2, 0.25) is 5.95 Å². The third kappa shape index (κ3) is 5.98. The van der Waals surface area contributed by atoms with Crippen molar-refractivity contribution in [2.24, 2.45) is 0 Å². The number of imidazole rings is 2. The molecular weight excluding hydrogens is 706 g/mol. The van der Waals surface area contributed by atoms with E-state index in [0.717, 1.165) is 0 Å². The quantitative estimate of drug-likeness (QED) is 0.137. The fraction of sp³-hybridized carbons (Fsp3) is 0.545. The van der Waals surface area contributed by atoms with Crippen molar-refractivity contribution < 1.29 is 46.5 Å². The Bertz CT molecular complexity index is 1980. The van der Waals surface area contributed by atoms with Crippen molar-refractivity contribution >= 4 is 71.7 Å². The number of aromatic nitrogens is 8. The van der Waals surface area contributed by atoms with Gasteiger partial charge in [-0.25, -0.2) is 24.5 Å². The summed E-state index contributed by atoms with van der Waals surface area (Å²) in [6, 6.07) is 0. The Hall–Kier alpha value is -2.63. The highest BCUT2D eigenvalue weighted by Gasteiger charge is 2.54. The van der Waals surface area contributed by atoms with E-state index in [1.807, 2.05) is 0 Å². The molecular formula is C22H28N10O11P2S2. The summed E-state index contributed by atoms with van der Waals surface area (Å²) in [6.07, 6.45) is -4.49. The molecule has 10 atom stereocenters. The van der Waals surface area contributed by atoms with Crippen molar-refractivity contribution in [3.63, 3.8) is 0 Å². The molecule has 0 amide bonds. The van der Waals surface area contributed by atoms with E-state index in [1.54, 1.807) is 4.57 Å². The van der Waals surface area contributed by atoms with Gasteiger partial charge in [-0.1, -0.05) is 12.2 Å². The van der Waals surface area contributed by atoms with Crippen LogP contribution in [-0.2, 0) is 53.4 Å². The van der Waals surface area contributed by atoms with Crippen molar-refractivity contribution in [2.45, 2.75) is 49.1 Å². The fourth-order valence-corrected chi connectivity index (χ4v) is 8.69. The van der Waals surface area contributed by atoms with E-state index in [0.29, 0.717) is 11.2 Å². The van der Waals surface area contributed by atoms with Crippen molar-refractivity contribution in [1.82, 2.24) is 39.0 Å². The number of hydrogen-bond donors (Lipinski definition) is 5. The minimum atomic E-state index is -4.27. The number of aromatic amines is 1. The molecule has 3 aliphatic rings. The highest BCUT2D eigenvalue weighted by Crippen LogP contribution is 2.58. The molecule has 21 nitrogen and oxygen atoms in total. The molecule has 0 saturated carbocycles. The number of H-pyrrole nitrogens is 1. The standard InChI is InChI=1S/C22H28N10O11P2S2/c1-36-12-8-3-38-44(34,46)42-13-9(41-20(14(13)37-2)31-6-27-10-16(23)25-5-26-17(10)31)4-39-45(35,47)43-15(12)21(40-8)32-7-28-11-18(32)29-22(24)30-19(11)33/h5-9,12-15,20-21H,3-4H2,1-2H3,(H,34,46)(H,35,47)(H2,23,25,26)(H3,24,29,30,33). The molecule has 10 unspecified atom stereocenters. The summed E-state index contributed by atoms with van der Waals surface area (Å²) in [4.78, 5) is 46.8. The topological polar surface area (TPSA) is 270 Å². The number of thiol groups is 1. The molecule has 3 aliphatic heterocycles. The molecule has 7 rings (SSSR count). The molecule has 0 aromatic carbocycles. The lowest BCUT2D eigenvalue weighted by Gasteiger charge is -2.28. The third-order valence-electron chi connectivity index (χ3n) is 7.82. The van der Waals surface area contributed by atoms with Crippen LogP contribution in [-0.4, -0.2) is 108 Å². The summed E-state index contributed by atoms with van der Waals surface area (Å²) in [5.74, 6) is -0.0284. The van der Waals surface area contributed by atoms with Crippen LogP contribution in [0.4, 0.5) is 11.8 Å². The van der Waals surface area contributed by atoms with Crippen LogP contribution in [0, 0.1) is 0 Å². The van der Waals surface area contributed by atoms with Gasteiger partial charge in [-0.15, -0.1) is 0 Å². The van der Waals surface area contributed by atoms with Gasteiger partial charge in [-0.3, -0.25) is 32.5 Å². The van der Waals surface area contributed by atoms with E-state index in [1.165, 1.54) is 37.8 Å². The van der Waals surface area contributed by atoms with E-state index in [-0.39, 0.29) is 29.5 Å². The maximum absolute atomic E-state index is 13.8. The van der Waals surface area contributed by atoms with Gasteiger partial charge in [0.05, 0.1) is 25.9 Å². The molecule has 0 spiro atoms. The first-order valence-electron chi connectivity index (χ1n) is 13.7. The van der Waals surface area contributed by atoms with Crippen molar-refractivity contribution in [2.75, 3.05) is 38.9 Å². The van der Waals surface area contributed by atoms with Crippen LogP contribution < -0.4 is 17.0 Å². The van der Waals surface area contributed by atoms with E-state index >= 15 is 0 Å². The number of rotatable bonds is 4. The largest absolute Gasteiger partial charge is 0.386 e. The van der Waals surface area contributed by atoms with E-state index in [2.05, 4.69) is 42.2 Å². The smallest absolute Gasteiger partial charge is 0.382 e. The monoisotopic (exact) mass is 734 g/mol. The lowest BCUT2D eigenvalue weighted by atomic mass is 10.1. The molecule has 2 bridgehead atoms. The number of nitrogens with zero attached hydrogens (tertiary/aromatic N) is 7. The van der Waals surface area contributed by atoms with Crippen LogP contribution in [0.5, 0.6) is 0 Å².